The summed E-state index contributed by atoms with van der Waals surface area (Å²) >= 11 is 0. The van der Waals surface area contributed by atoms with Gasteiger partial charge in [0, 0.05) is 50.2 Å². The number of alkyl halides is 3. The van der Waals surface area contributed by atoms with Gasteiger partial charge >= 0.3 is 12.2 Å². The molecular formula is C22H26F3N7O2. The maximum atomic E-state index is 13.2. The van der Waals surface area contributed by atoms with E-state index in [9.17, 15) is 22.8 Å². The average molecular weight is 477 g/mol. The second-order valence-corrected chi connectivity index (χ2v) is 9.31. The van der Waals surface area contributed by atoms with Crippen LogP contribution < -0.4 is 15.8 Å². The van der Waals surface area contributed by atoms with Crippen LogP contribution in [0.25, 0.3) is 11.0 Å². The summed E-state index contributed by atoms with van der Waals surface area (Å²) in [5, 5.41) is 10.1. The summed E-state index contributed by atoms with van der Waals surface area (Å²) in [6.07, 6.45) is 0.174. The number of aromatic nitrogens is 4. The monoisotopic (exact) mass is 477 g/mol. The molecule has 0 bridgehead atoms. The Morgan fingerprint density at radius 1 is 1.29 bits per heavy atom. The lowest BCUT2D eigenvalue weighted by Gasteiger charge is -2.48. The van der Waals surface area contributed by atoms with E-state index in [1.807, 2.05) is 19.9 Å². The quantitative estimate of drug-likeness (QED) is 0.602. The number of hydrogen-bond donors (Lipinski definition) is 2. The van der Waals surface area contributed by atoms with Crippen LogP contribution in [0.5, 0.6) is 0 Å². The number of hydrogen-bond acceptors (Lipinski definition) is 5. The lowest BCUT2D eigenvalue weighted by atomic mass is 9.78. The van der Waals surface area contributed by atoms with E-state index in [1.165, 1.54) is 11.9 Å². The topological polar surface area (TPSA) is 99.1 Å². The van der Waals surface area contributed by atoms with Crippen molar-refractivity contribution in [2.45, 2.75) is 32.5 Å². The van der Waals surface area contributed by atoms with Gasteiger partial charge in [0.1, 0.15) is 5.69 Å². The van der Waals surface area contributed by atoms with Gasteiger partial charge in [-0.25, -0.2) is 9.78 Å². The van der Waals surface area contributed by atoms with Crippen LogP contribution in [0.3, 0.4) is 0 Å². The molecule has 1 aliphatic rings. The molecule has 2 N–H and O–H groups in total. The Morgan fingerprint density at radius 2 is 2.03 bits per heavy atom. The fraction of sp³-hybridized carbons (Fsp3) is 0.455. The van der Waals surface area contributed by atoms with Crippen LogP contribution in [0.15, 0.2) is 35.5 Å². The molecule has 0 aliphatic carbocycles. The Labute approximate surface area is 193 Å². The predicted molar refractivity (Wildman–Crippen MR) is 122 cm³/mol. The summed E-state index contributed by atoms with van der Waals surface area (Å²) in [5.74, 6) is 0. The van der Waals surface area contributed by atoms with Crippen molar-refractivity contribution in [1.29, 1.82) is 0 Å². The zero-order chi connectivity index (χ0) is 24.8. The van der Waals surface area contributed by atoms with E-state index in [1.54, 1.807) is 19.4 Å². The zero-order valence-electron chi connectivity index (χ0n) is 19.3. The van der Waals surface area contributed by atoms with Crippen molar-refractivity contribution in [1.82, 2.24) is 24.6 Å². The third-order valence-corrected chi connectivity index (χ3v) is 6.35. The van der Waals surface area contributed by atoms with E-state index in [4.69, 9.17) is 0 Å². The van der Waals surface area contributed by atoms with E-state index in [2.05, 4.69) is 25.4 Å². The molecular weight excluding hydrogens is 451 g/mol. The van der Waals surface area contributed by atoms with Crippen molar-refractivity contribution in [3.8, 4) is 0 Å². The highest BCUT2D eigenvalue weighted by atomic mass is 19.4. The number of H-pyrrole nitrogens is 1. The number of nitrogens with one attached hydrogen (secondary N) is 2. The third-order valence-electron chi connectivity index (χ3n) is 6.35. The van der Waals surface area contributed by atoms with Gasteiger partial charge < -0.3 is 19.7 Å². The van der Waals surface area contributed by atoms with Gasteiger partial charge in [0.25, 0.3) is 5.56 Å². The number of carbonyl (C=O) groups excluding carboxylic acids is 1. The number of halogens is 3. The fourth-order valence-electron chi connectivity index (χ4n) is 4.58. The normalized spacial score (nSPS) is 18.2. The minimum absolute atomic E-state index is 0.205. The third kappa shape index (κ3) is 4.44. The number of anilines is 2. The molecule has 3 aromatic heterocycles. The van der Waals surface area contributed by atoms with Gasteiger partial charge in [0.15, 0.2) is 5.65 Å². The van der Waals surface area contributed by atoms with Gasteiger partial charge in [-0.1, -0.05) is 13.8 Å². The van der Waals surface area contributed by atoms with Gasteiger partial charge in [-0.05, 0) is 18.6 Å². The molecule has 2 amide bonds. The van der Waals surface area contributed by atoms with Crippen molar-refractivity contribution in [2.75, 3.05) is 30.4 Å². The van der Waals surface area contributed by atoms with E-state index < -0.39 is 29.0 Å². The summed E-state index contributed by atoms with van der Waals surface area (Å²) in [6, 6.07) is 1.83. The van der Waals surface area contributed by atoms with Gasteiger partial charge in [-0.2, -0.15) is 18.3 Å². The molecule has 12 heteroatoms. The zero-order valence-corrected chi connectivity index (χ0v) is 19.3. The first-order valence-electron chi connectivity index (χ1n) is 10.7. The summed E-state index contributed by atoms with van der Waals surface area (Å²) in [6.45, 7) is 5.34. The molecule has 0 spiro atoms. The van der Waals surface area contributed by atoms with Crippen molar-refractivity contribution >= 4 is 28.4 Å². The van der Waals surface area contributed by atoms with Crippen LogP contribution in [-0.2, 0) is 13.2 Å². The number of rotatable bonds is 3. The first-order chi connectivity index (χ1) is 15.9. The summed E-state index contributed by atoms with van der Waals surface area (Å²) in [5.41, 5.74) is -0.844. The predicted octanol–water partition coefficient (Wildman–Crippen LogP) is 3.44. The Morgan fingerprint density at radius 3 is 2.71 bits per heavy atom. The Bertz CT molecular complexity index is 1280. The Balaban J connectivity index is 1.50. The fourth-order valence-corrected chi connectivity index (χ4v) is 4.58. The molecule has 182 valence electrons. The summed E-state index contributed by atoms with van der Waals surface area (Å²) in [4.78, 5) is 33.3. The Hall–Kier alpha value is -3.57. The number of nitrogens with zero attached hydrogens (tertiary/aromatic N) is 5. The van der Waals surface area contributed by atoms with E-state index in [0.29, 0.717) is 37.4 Å². The number of carbonyl (C=O) groups is 1. The smallest absolute Gasteiger partial charge is 0.370 e. The summed E-state index contributed by atoms with van der Waals surface area (Å²) < 4.78 is 40.3. The van der Waals surface area contributed by atoms with Gasteiger partial charge in [0.05, 0.1) is 23.6 Å². The Kier molecular flexibility index (Phi) is 5.78. The second-order valence-electron chi connectivity index (χ2n) is 9.31. The summed E-state index contributed by atoms with van der Waals surface area (Å²) in [7, 11) is 2.81. The number of aryl methyl sites for hydroxylation is 1. The highest BCUT2D eigenvalue weighted by molar-refractivity contribution is 5.89. The SMILES string of the molecule is CN(C(=O)Nc1cc(C(F)(F)F)cn(C)c1=O)C1CCN(c2cnc3[nH]ncc3c2)CC1(C)C. The van der Waals surface area contributed by atoms with Crippen molar-refractivity contribution in [3.05, 3.63) is 46.6 Å². The molecule has 4 rings (SSSR count). The van der Waals surface area contributed by atoms with Crippen molar-refractivity contribution in [3.63, 3.8) is 0 Å². The second kappa shape index (κ2) is 8.33. The average Bonchev–Trinajstić information content (AvgIpc) is 3.22. The molecule has 1 aliphatic heterocycles. The van der Waals surface area contributed by atoms with Crippen molar-refractivity contribution < 1.29 is 18.0 Å². The number of urea groups is 1. The molecule has 34 heavy (non-hydrogen) atoms. The molecule has 1 atom stereocenters. The lowest BCUT2D eigenvalue weighted by molar-refractivity contribution is -0.138. The molecule has 0 saturated carbocycles. The number of aromatic amines is 1. The molecule has 1 fully saturated rings. The number of fused-ring (bicyclic) bond motifs is 1. The first kappa shape index (κ1) is 23.6. The van der Waals surface area contributed by atoms with E-state index >= 15 is 0 Å². The van der Waals surface area contributed by atoms with Crippen LogP contribution >= 0.6 is 0 Å². The first-order valence-corrected chi connectivity index (χ1v) is 10.7. The van der Waals surface area contributed by atoms with E-state index in [-0.39, 0.29) is 11.5 Å². The number of pyridine rings is 2. The number of piperidine rings is 1. The molecule has 0 radical (unpaired) electrons. The number of amides is 2. The van der Waals surface area contributed by atoms with Crippen LogP contribution in [0, 0.1) is 5.41 Å². The largest absolute Gasteiger partial charge is 0.417 e. The highest BCUT2D eigenvalue weighted by Gasteiger charge is 2.40. The van der Waals surface area contributed by atoms with Crippen molar-refractivity contribution in [2.24, 2.45) is 12.5 Å². The molecule has 1 unspecified atom stereocenters. The van der Waals surface area contributed by atoms with Gasteiger partial charge in [0.2, 0.25) is 0 Å². The molecule has 1 saturated heterocycles. The standard InChI is InChI=1S/C22H26F3N7O2/c1-21(2)12-32(15-7-13-9-27-29-18(13)26-10-15)6-5-17(21)31(4)20(34)28-16-8-14(22(23,24)25)11-30(3)19(16)33/h7-11,17H,5-6,12H2,1-4H3,(H,28,34)(H,26,27,29). The highest BCUT2D eigenvalue weighted by Crippen LogP contribution is 2.35. The minimum Gasteiger partial charge on any atom is -0.370 e. The molecule has 9 nitrogen and oxygen atoms in total. The molecule has 0 aromatic carbocycles. The van der Waals surface area contributed by atoms with Crippen LogP contribution in [0.2, 0.25) is 0 Å². The maximum absolute atomic E-state index is 13.2. The van der Waals surface area contributed by atoms with Gasteiger partial charge in [-0.15, -0.1) is 0 Å². The van der Waals surface area contributed by atoms with Crippen LogP contribution in [0.4, 0.5) is 29.3 Å². The van der Waals surface area contributed by atoms with Crippen LogP contribution in [0.1, 0.15) is 25.8 Å². The maximum Gasteiger partial charge on any atom is 0.417 e. The molecule has 3 aromatic rings. The van der Waals surface area contributed by atoms with Gasteiger partial charge in [-0.3, -0.25) is 9.89 Å². The van der Waals surface area contributed by atoms with Crippen LogP contribution in [-0.4, -0.2) is 56.9 Å². The van der Waals surface area contributed by atoms with E-state index in [0.717, 1.165) is 15.6 Å². The molecule has 4 heterocycles. The minimum atomic E-state index is -4.64. The lowest BCUT2D eigenvalue weighted by Crippen LogP contribution is -2.57.